The highest BCUT2D eigenvalue weighted by atomic mass is 16.4. The van der Waals surface area contributed by atoms with E-state index >= 15 is 0 Å². The maximum absolute atomic E-state index is 12.2. The molecule has 112 valence electrons. The predicted octanol–water partition coefficient (Wildman–Crippen LogP) is 0.969. The zero-order valence-corrected chi connectivity index (χ0v) is 12.0. The SMILES string of the molecule is CC(C(=O)O)N(C)C(=O)[C@@H](N)Cc1c[nH]c2ccccc12. The minimum Gasteiger partial charge on any atom is -0.480 e. The van der Waals surface area contributed by atoms with Crippen molar-refractivity contribution in [2.24, 2.45) is 5.73 Å². The van der Waals surface area contributed by atoms with E-state index < -0.39 is 18.1 Å². The summed E-state index contributed by atoms with van der Waals surface area (Å²) in [6.07, 6.45) is 2.19. The summed E-state index contributed by atoms with van der Waals surface area (Å²) in [5, 5.41) is 9.96. The van der Waals surface area contributed by atoms with Crippen molar-refractivity contribution in [2.75, 3.05) is 7.05 Å². The van der Waals surface area contributed by atoms with Crippen LogP contribution in [0, 0.1) is 0 Å². The van der Waals surface area contributed by atoms with E-state index in [-0.39, 0.29) is 5.91 Å². The van der Waals surface area contributed by atoms with Gasteiger partial charge in [0.05, 0.1) is 6.04 Å². The number of nitrogens with two attached hydrogens (primary N) is 1. The van der Waals surface area contributed by atoms with E-state index in [4.69, 9.17) is 10.8 Å². The summed E-state index contributed by atoms with van der Waals surface area (Å²) < 4.78 is 0. The zero-order valence-electron chi connectivity index (χ0n) is 12.0. The third-order valence-corrected chi connectivity index (χ3v) is 3.72. The Hall–Kier alpha value is -2.34. The molecule has 6 nitrogen and oxygen atoms in total. The molecule has 0 fully saturated rings. The molecule has 0 aliphatic rings. The van der Waals surface area contributed by atoms with E-state index in [1.165, 1.54) is 18.9 Å². The molecule has 2 aromatic rings. The summed E-state index contributed by atoms with van der Waals surface area (Å²) >= 11 is 0. The number of nitrogens with one attached hydrogen (secondary N) is 1. The van der Waals surface area contributed by atoms with Crippen molar-refractivity contribution in [1.82, 2.24) is 9.88 Å². The van der Waals surface area contributed by atoms with Crippen LogP contribution in [0.4, 0.5) is 0 Å². The molecule has 4 N–H and O–H groups in total. The van der Waals surface area contributed by atoms with Crippen molar-refractivity contribution in [3.8, 4) is 0 Å². The van der Waals surface area contributed by atoms with Crippen LogP contribution >= 0.6 is 0 Å². The monoisotopic (exact) mass is 289 g/mol. The summed E-state index contributed by atoms with van der Waals surface area (Å²) in [7, 11) is 1.45. The zero-order chi connectivity index (χ0) is 15.6. The Morgan fingerprint density at radius 1 is 1.38 bits per heavy atom. The Kier molecular flexibility index (Phi) is 4.28. The van der Waals surface area contributed by atoms with Crippen LogP contribution in [0.1, 0.15) is 12.5 Å². The van der Waals surface area contributed by atoms with Gasteiger partial charge in [0.15, 0.2) is 0 Å². The number of carbonyl (C=O) groups excluding carboxylic acids is 1. The first-order valence-electron chi connectivity index (χ1n) is 6.72. The fourth-order valence-electron chi connectivity index (χ4n) is 2.24. The second-order valence-corrected chi connectivity index (χ2v) is 5.13. The maximum atomic E-state index is 12.2. The molecule has 0 spiro atoms. The van der Waals surface area contributed by atoms with Gasteiger partial charge in [0.1, 0.15) is 6.04 Å². The molecule has 0 aliphatic heterocycles. The van der Waals surface area contributed by atoms with Gasteiger partial charge in [-0.25, -0.2) is 4.79 Å². The predicted molar refractivity (Wildman–Crippen MR) is 79.8 cm³/mol. The van der Waals surface area contributed by atoms with Gasteiger partial charge in [-0.3, -0.25) is 4.79 Å². The number of aliphatic carboxylic acids is 1. The van der Waals surface area contributed by atoms with Crippen molar-refractivity contribution in [3.05, 3.63) is 36.0 Å². The summed E-state index contributed by atoms with van der Waals surface area (Å²) in [6, 6.07) is 6.09. The van der Waals surface area contributed by atoms with E-state index in [2.05, 4.69) is 4.98 Å². The molecule has 0 bridgehead atoms. The van der Waals surface area contributed by atoms with Crippen molar-refractivity contribution in [3.63, 3.8) is 0 Å². The Morgan fingerprint density at radius 3 is 2.71 bits per heavy atom. The third-order valence-electron chi connectivity index (χ3n) is 3.72. The molecule has 0 radical (unpaired) electrons. The fraction of sp³-hybridized carbons (Fsp3) is 0.333. The first kappa shape index (κ1) is 15.1. The highest BCUT2D eigenvalue weighted by Crippen LogP contribution is 2.19. The largest absolute Gasteiger partial charge is 0.480 e. The van der Waals surface area contributed by atoms with Gasteiger partial charge in [0.25, 0.3) is 0 Å². The lowest BCUT2D eigenvalue weighted by molar-refractivity contribution is -0.148. The standard InChI is InChI=1S/C15H19N3O3/c1-9(15(20)21)18(2)14(19)12(16)7-10-8-17-13-6-4-3-5-11(10)13/h3-6,8-9,12,17H,7,16H2,1-2H3,(H,20,21)/t9?,12-/m0/s1. The highest BCUT2D eigenvalue weighted by Gasteiger charge is 2.26. The molecule has 6 heteroatoms. The number of aromatic nitrogens is 1. The van der Waals surface area contributed by atoms with Crippen molar-refractivity contribution in [2.45, 2.75) is 25.4 Å². The van der Waals surface area contributed by atoms with Gasteiger partial charge in [0, 0.05) is 24.1 Å². The molecule has 1 aromatic heterocycles. The molecule has 2 atom stereocenters. The minimum absolute atomic E-state index is 0.361. The van der Waals surface area contributed by atoms with Gasteiger partial charge in [-0.05, 0) is 25.0 Å². The number of amides is 1. The minimum atomic E-state index is -1.05. The lowest BCUT2D eigenvalue weighted by Crippen LogP contribution is -2.49. The summed E-state index contributed by atoms with van der Waals surface area (Å²) in [5.41, 5.74) is 7.87. The normalized spacial score (nSPS) is 13.9. The number of carboxylic acid groups (broad SMARTS) is 1. The number of hydrogen-bond acceptors (Lipinski definition) is 3. The Bertz CT molecular complexity index is 665. The number of likely N-dealkylation sites (N-methyl/N-ethyl adjacent to an activating group) is 1. The molecule has 0 saturated heterocycles. The van der Waals surface area contributed by atoms with E-state index in [0.717, 1.165) is 16.5 Å². The van der Waals surface area contributed by atoms with Gasteiger partial charge in [0.2, 0.25) is 5.91 Å². The van der Waals surface area contributed by atoms with Crippen molar-refractivity contribution >= 4 is 22.8 Å². The number of fused-ring (bicyclic) bond motifs is 1. The lowest BCUT2D eigenvalue weighted by Gasteiger charge is -2.24. The highest BCUT2D eigenvalue weighted by molar-refractivity contribution is 5.88. The number of benzene rings is 1. The van der Waals surface area contributed by atoms with Crippen LogP contribution in [0.3, 0.4) is 0 Å². The first-order chi connectivity index (χ1) is 9.91. The number of aromatic amines is 1. The van der Waals surface area contributed by atoms with Gasteiger partial charge in [-0.15, -0.1) is 0 Å². The fourth-order valence-corrected chi connectivity index (χ4v) is 2.24. The van der Waals surface area contributed by atoms with E-state index in [0.29, 0.717) is 6.42 Å². The quantitative estimate of drug-likeness (QED) is 0.763. The molecule has 1 aromatic carbocycles. The Balaban J connectivity index is 2.12. The summed E-state index contributed by atoms with van der Waals surface area (Å²) in [5.74, 6) is -1.43. The second kappa shape index (κ2) is 5.97. The second-order valence-electron chi connectivity index (χ2n) is 5.13. The Labute approximate surface area is 122 Å². The number of H-pyrrole nitrogens is 1. The molecule has 1 amide bonds. The van der Waals surface area contributed by atoms with Gasteiger partial charge >= 0.3 is 5.97 Å². The van der Waals surface area contributed by atoms with Gasteiger partial charge in [-0.2, -0.15) is 0 Å². The molecule has 21 heavy (non-hydrogen) atoms. The number of para-hydroxylation sites is 1. The smallest absolute Gasteiger partial charge is 0.326 e. The molecule has 0 aliphatic carbocycles. The number of rotatable bonds is 5. The topological polar surface area (TPSA) is 99.4 Å². The molecule has 2 rings (SSSR count). The number of nitrogens with zero attached hydrogens (tertiary/aromatic N) is 1. The maximum Gasteiger partial charge on any atom is 0.326 e. The molecule has 1 heterocycles. The van der Waals surface area contributed by atoms with Crippen LogP contribution < -0.4 is 5.73 Å². The van der Waals surface area contributed by atoms with Crippen LogP contribution in [0.15, 0.2) is 30.5 Å². The number of hydrogen-bond donors (Lipinski definition) is 3. The van der Waals surface area contributed by atoms with Crippen molar-refractivity contribution in [1.29, 1.82) is 0 Å². The summed E-state index contributed by atoms with van der Waals surface area (Å²) in [4.78, 5) is 27.4. The molecule has 0 saturated carbocycles. The van der Waals surface area contributed by atoms with Crippen LogP contribution in [0.2, 0.25) is 0 Å². The van der Waals surface area contributed by atoms with E-state index in [9.17, 15) is 9.59 Å². The first-order valence-corrected chi connectivity index (χ1v) is 6.72. The number of carboxylic acids is 1. The van der Waals surface area contributed by atoms with Crippen LogP contribution in [0.25, 0.3) is 10.9 Å². The lowest BCUT2D eigenvalue weighted by atomic mass is 10.0. The molecule has 1 unspecified atom stereocenters. The van der Waals surface area contributed by atoms with Crippen LogP contribution in [-0.2, 0) is 16.0 Å². The average molecular weight is 289 g/mol. The van der Waals surface area contributed by atoms with Crippen LogP contribution in [0.5, 0.6) is 0 Å². The molecular weight excluding hydrogens is 270 g/mol. The van der Waals surface area contributed by atoms with Crippen molar-refractivity contribution < 1.29 is 14.7 Å². The van der Waals surface area contributed by atoms with E-state index in [1.54, 1.807) is 0 Å². The third kappa shape index (κ3) is 3.05. The summed E-state index contributed by atoms with van der Waals surface area (Å²) in [6.45, 7) is 1.46. The van der Waals surface area contributed by atoms with Gasteiger partial charge < -0.3 is 20.7 Å². The Morgan fingerprint density at radius 2 is 2.05 bits per heavy atom. The molecular formula is C15H19N3O3. The van der Waals surface area contributed by atoms with E-state index in [1.807, 2.05) is 30.5 Å². The van der Waals surface area contributed by atoms with Crippen LogP contribution in [-0.4, -0.2) is 46.0 Å². The van der Waals surface area contributed by atoms with Gasteiger partial charge in [-0.1, -0.05) is 18.2 Å². The number of carbonyl (C=O) groups is 2. The average Bonchev–Trinajstić information content (AvgIpc) is 2.88.